The van der Waals surface area contributed by atoms with Crippen molar-refractivity contribution in [2.45, 2.75) is 12.0 Å². The minimum atomic E-state index is -1.41. The lowest BCUT2D eigenvalue weighted by molar-refractivity contribution is 0.332. The van der Waals surface area contributed by atoms with Crippen molar-refractivity contribution in [1.29, 1.82) is 10.5 Å². The van der Waals surface area contributed by atoms with Crippen molar-refractivity contribution in [3.05, 3.63) is 70.8 Å². The Bertz CT molecular complexity index is 945. The number of rotatable bonds is 3. The molecule has 0 radical (unpaired) electrons. The quantitative estimate of drug-likeness (QED) is 0.617. The van der Waals surface area contributed by atoms with Gasteiger partial charge in [0.05, 0.1) is 23.2 Å². The van der Waals surface area contributed by atoms with E-state index in [1.807, 2.05) is 6.07 Å². The number of allylic oxidation sites excluding steroid dienone is 1. The molecule has 6 nitrogen and oxygen atoms in total. The Kier molecular flexibility index (Phi) is 4.81. The molecule has 3 unspecified atom stereocenters. The van der Waals surface area contributed by atoms with Crippen LogP contribution in [-0.4, -0.2) is 15.0 Å². The van der Waals surface area contributed by atoms with Crippen molar-refractivity contribution in [3.63, 3.8) is 0 Å². The molecule has 1 aliphatic rings. The van der Waals surface area contributed by atoms with E-state index in [4.69, 9.17) is 30.6 Å². The summed E-state index contributed by atoms with van der Waals surface area (Å²) < 4.78 is 0. The molecule has 3 rings (SSSR count). The SMILES string of the molecule is N#CC1=C([S-])NC(c2cccnc2)C(C#N)(C(N)=S)C1c1cccnc1. The molecule has 3 N–H and O–H groups in total. The number of nitrogens with two attached hydrogens (primary N) is 1. The molecule has 0 aliphatic carbocycles. The Morgan fingerprint density at radius 3 is 2.27 bits per heavy atom. The standard InChI is InChI=1S/C18H14N6S2/c19-7-13-14(11-3-1-5-22-8-11)18(10-20,17(21)26)15(24-16(13)25)12-4-2-6-23-9-12/h1-6,8-9,14-15,24-25H,(H2,21,26)/p-1. The van der Waals surface area contributed by atoms with Crippen LogP contribution in [0.5, 0.6) is 0 Å². The van der Waals surface area contributed by atoms with E-state index in [1.165, 1.54) is 0 Å². The molecule has 2 aromatic heterocycles. The predicted molar refractivity (Wildman–Crippen MR) is 102 cm³/mol. The highest BCUT2D eigenvalue weighted by molar-refractivity contribution is 7.80. The zero-order valence-electron chi connectivity index (χ0n) is 13.5. The van der Waals surface area contributed by atoms with Crippen LogP contribution in [0.15, 0.2) is 59.7 Å². The first-order chi connectivity index (χ1) is 12.6. The highest BCUT2D eigenvalue weighted by Gasteiger charge is 2.54. The molecule has 0 saturated heterocycles. The van der Waals surface area contributed by atoms with Gasteiger partial charge in [0.25, 0.3) is 0 Å². The van der Waals surface area contributed by atoms with E-state index in [0.717, 1.165) is 0 Å². The molecule has 3 heterocycles. The first-order valence-corrected chi connectivity index (χ1v) is 8.46. The third-order valence-electron chi connectivity index (χ3n) is 4.47. The minimum Gasteiger partial charge on any atom is -0.762 e. The third kappa shape index (κ3) is 2.66. The molecule has 1 aliphatic heterocycles. The van der Waals surface area contributed by atoms with Crippen LogP contribution in [0.4, 0.5) is 0 Å². The second-order valence-corrected chi connectivity index (χ2v) is 6.63. The minimum absolute atomic E-state index is 0.0227. The topological polar surface area (TPSA) is 111 Å². The zero-order valence-corrected chi connectivity index (χ0v) is 15.1. The average molecular weight is 377 g/mol. The second kappa shape index (κ2) is 7.04. The molecule has 0 spiro atoms. The summed E-state index contributed by atoms with van der Waals surface area (Å²) in [5, 5.41) is 23.3. The molecule has 0 bridgehead atoms. The molecule has 128 valence electrons. The van der Waals surface area contributed by atoms with Gasteiger partial charge in [-0.1, -0.05) is 24.4 Å². The van der Waals surface area contributed by atoms with Crippen molar-refractivity contribution >= 4 is 29.8 Å². The Hall–Kier alpha value is -3.07. The highest BCUT2D eigenvalue weighted by atomic mass is 32.1. The summed E-state index contributed by atoms with van der Waals surface area (Å²) in [7, 11) is 0. The fourth-order valence-corrected chi connectivity index (χ4v) is 3.86. The summed E-state index contributed by atoms with van der Waals surface area (Å²) in [6.45, 7) is 0. The van der Waals surface area contributed by atoms with Crippen molar-refractivity contribution in [2.24, 2.45) is 11.1 Å². The number of nitrogens with one attached hydrogen (secondary N) is 1. The van der Waals surface area contributed by atoms with Crippen LogP contribution in [0.1, 0.15) is 23.1 Å². The van der Waals surface area contributed by atoms with Crippen LogP contribution >= 0.6 is 12.2 Å². The Morgan fingerprint density at radius 2 is 1.81 bits per heavy atom. The van der Waals surface area contributed by atoms with Crippen LogP contribution in [0.3, 0.4) is 0 Å². The van der Waals surface area contributed by atoms with E-state index in [0.29, 0.717) is 11.1 Å². The lowest BCUT2D eigenvalue weighted by atomic mass is 9.62. The van der Waals surface area contributed by atoms with E-state index < -0.39 is 17.4 Å². The van der Waals surface area contributed by atoms with Crippen LogP contribution in [0.2, 0.25) is 0 Å². The normalized spacial score (nSPS) is 24.8. The predicted octanol–water partition coefficient (Wildman–Crippen LogP) is 1.98. The maximum absolute atomic E-state index is 10.2. The maximum Gasteiger partial charge on any atom is 0.143 e. The molecule has 3 atom stereocenters. The van der Waals surface area contributed by atoms with E-state index in [1.54, 1.807) is 43.0 Å². The molecule has 2 aromatic rings. The first-order valence-electron chi connectivity index (χ1n) is 7.65. The van der Waals surface area contributed by atoms with Gasteiger partial charge >= 0.3 is 0 Å². The summed E-state index contributed by atoms with van der Waals surface area (Å²) in [4.78, 5) is 8.22. The number of hydrogen-bond donors (Lipinski definition) is 2. The van der Waals surface area contributed by atoms with Gasteiger partial charge in [-0.05, 0) is 23.3 Å². The van der Waals surface area contributed by atoms with Crippen LogP contribution in [-0.2, 0) is 12.6 Å². The number of pyridine rings is 2. The summed E-state index contributed by atoms with van der Waals surface area (Å²) in [6, 6.07) is 10.8. The molecular weight excluding hydrogens is 364 g/mol. The maximum atomic E-state index is 10.2. The second-order valence-electron chi connectivity index (χ2n) is 5.78. The van der Waals surface area contributed by atoms with Gasteiger partial charge in [-0.25, -0.2) is 0 Å². The van der Waals surface area contributed by atoms with Crippen molar-refractivity contribution in [2.75, 3.05) is 0 Å². The zero-order chi connectivity index (χ0) is 18.7. The number of thiocarbonyl (C=S) groups is 1. The Labute approximate surface area is 161 Å². The molecule has 0 fully saturated rings. The average Bonchev–Trinajstić information content (AvgIpc) is 2.68. The summed E-state index contributed by atoms with van der Waals surface area (Å²) in [5.74, 6) is -0.734. The van der Waals surface area contributed by atoms with Crippen LogP contribution < -0.4 is 11.1 Å². The van der Waals surface area contributed by atoms with Gasteiger partial charge in [-0.2, -0.15) is 10.5 Å². The van der Waals surface area contributed by atoms with Crippen LogP contribution in [0, 0.1) is 28.1 Å². The van der Waals surface area contributed by atoms with Crippen molar-refractivity contribution < 1.29 is 0 Å². The number of hydrogen-bond acceptors (Lipinski definition) is 7. The highest BCUT2D eigenvalue weighted by Crippen LogP contribution is 2.52. The largest absolute Gasteiger partial charge is 0.762 e. The number of nitriles is 2. The van der Waals surface area contributed by atoms with Gasteiger partial charge in [-0.3, -0.25) is 9.97 Å². The van der Waals surface area contributed by atoms with Gasteiger partial charge in [0.15, 0.2) is 0 Å². The van der Waals surface area contributed by atoms with E-state index in [2.05, 4.69) is 27.4 Å². The van der Waals surface area contributed by atoms with E-state index in [-0.39, 0.29) is 15.6 Å². The third-order valence-corrected chi connectivity index (χ3v) is 5.14. The van der Waals surface area contributed by atoms with Gasteiger partial charge in [0, 0.05) is 36.3 Å². The lowest BCUT2D eigenvalue weighted by Gasteiger charge is -2.47. The van der Waals surface area contributed by atoms with Gasteiger partial charge in [0.1, 0.15) is 5.41 Å². The molecular formula is C18H13N6S2-. The summed E-state index contributed by atoms with van der Waals surface area (Å²) >= 11 is 10.7. The number of nitrogens with zero attached hydrogens (tertiary/aromatic N) is 4. The van der Waals surface area contributed by atoms with Gasteiger partial charge in [0.2, 0.25) is 0 Å². The fraction of sp³-hybridized carbons (Fsp3) is 0.167. The Balaban J connectivity index is 2.34. The molecule has 0 saturated carbocycles. The van der Waals surface area contributed by atoms with Gasteiger partial charge in [-0.15, -0.1) is 5.03 Å². The fourth-order valence-electron chi connectivity index (χ4n) is 3.30. The lowest BCUT2D eigenvalue weighted by Crippen LogP contribution is -2.53. The van der Waals surface area contributed by atoms with Crippen LogP contribution in [0.25, 0.3) is 0 Å². The summed E-state index contributed by atoms with van der Waals surface area (Å²) in [5.41, 5.74) is 6.28. The Morgan fingerprint density at radius 1 is 1.19 bits per heavy atom. The molecule has 0 aromatic carbocycles. The van der Waals surface area contributed by atoms with Crippen molar-refractivity contribution in [3.8, 4) is 12.1 Å². The molecule has 8 heteroatoms. The monoisotopic (exact) mass is 377 g/mol. The van der Waals surface area contributed by atoms with Gasteiger partial charge < -0.3 is 23.7 Å². The van der Waals surface area contributed by atoms with Crippen molar-refractivity contribution in [1.82, 2.24) is 15.3 Å². The smallest absolute Gasteiger partial charge is 0.143 e. The number of aromatic nitrogens is 2. The first kappa shape index (κ1) is 17.7. The molecule has 0 amide bonds. The van der Waals surface area contributed by atoms with E-state index >= 15 is 0 Å². The summed E-state index contributed by atoms with van der Waals surface area (Å²) in [6.07, 6.45) is 6.47. The van der Waals surface area contributed by atoms with E-state index in [9.17, 15) is 10.5 Å². The molecule has 26 heavy (non-hydrogen) atoms.